The summed E-state index contributed by atoms with van der Waals surface area (Å²) in [5, 5.41) is 0. The van der Waals surface area contributed by atoms with Gasteiger partial charge < -0.3 is 9.47 Å². The number of ether oxygens (including phenoxy) is 2. The van der Waals surface area contributed by atoms with Gasteiger partial charge in [-0.3, -0.25) is 4.79 Å². The molecule has 2 heterocycles. The topological polar surface area (TPSA) is 69.7 Å². The summed E-state index contributed by atoms with van der Waals surface area (Å²) in [6, 6.07) is 0. The maximum absolute atomic E-state index is 12.8. The van der Waals surface area contributed by atoms with Gasteiger partial charge in [-0.25, -0.2) is 0 Å². The van der Waals surface area contributed by atoms with E-state index < -0.39 is 33.5 Å². The third-order valence-electron chi connectivity index (χ3n) is 3.51. The van der Waals surface area contributed by atoms with Gasteiger partial charge in [-0.05, 0) is 19.3 Å². The van der Waals surface area contributed by atoms with Gasteiger partial charge in [0.25, 0.3) is 0 Å². The SMILES string of the molecule is O=C1CC2(CCCOCC2)C(CS(=O)(=O)F)O1. The first-order valence-corrected chi connectivity index (χ1v) is 7.16. The van der Waals surface area contributed by atoms with Gasteiger partial charge in [-0.1, -0.05) is 0 Å². The first-order chi connectivity index (χ1) is 7.91. The van der Waals surface area contributed by atoms with Gasteiger partial charge in [0, 0.05) is 18.6 Å². The van der Waals surface area contributed by atoms with Crippen molar-refractivity contribution >= 4 is 16.2 Å². The van der Waals surface area contributed by atoms with Crippen molar-refractivity contribution in [1.82, 2.24) is 0 Å². The molecule has 2 aliphatic rings. The highest BCUT2D eigenvalue weighted by Gasteiger charge is 2.50. The van der Waals surface area contributed by atoms with Crippen LogP contribution < -0.4 is 0 Å². The quantitative estimate of drug-likeness (QED) is 0.546. The first kappa shape index (κ1) is 12.8. The Labute approximate surface area is 99.5 Å². The van der Waals surface area contributed by atoms with Crippen LogP contribution in [-0.4, -0.2) is 39.5 Å². The minimum Gasteiger partial charge on any atom is -0.461 e. The molecule has 0 amide bonds. The van der Waals surface area contributed by atoms with Crippen LogP contribution in [0.25, 0.3) is 0 Å². The summed E-state index contributed by atoms with van der Waals surface area (Å²) < 4.78 is 44.4. The fraction of sp³-hybridized carbons (Fsp3) is 0.900. The number of hydrogen-bond donors (Lipinski definition) is 0. The molecule has 0 saturated carbocycles. The van der Waals surface area contributed by atoms with Crippen LogP contribution in [-0.2, 0) is 24.5 Å². The molecule has 0 aliphatic carbocycles. The van der Waals surface area contributed by atoms with Crippen molar-refractivity contribution in [2.24, 2.45) is 5.41 Å². The van der Waals surface area contributed by atoms with E-state index in [2.05, 4.69) is 0 Å². The molecular weight excluding hydrogens is 251 g/mol. The normalized spacial score (nSPS) is 34.6. The molecule has 0 radical (unpaired) electrons. The number of carbonyl (C=O) groups is 1. The monoisotopic (exact) mass is 266 g/mol. The van der Waals surface area contributed by atoms with E-state index >= 15 is 0 Å². The van der Waals surface area contributed by atoms with Gasteiger partial charge in [0.05, 0.1) is 6.42 Å². The summed E-state index contributed by atoms with van der Waals surface area (Å²) in [6.45, 7) is 1.05. The van der Waals surface area contributed by atoms with Gasteiger partial charge in [0.1, 0.15) is 11.9 Å². The standard InChI is InChI=1S/C10H15FO5S/c11-17(13,14)7-8-10(6-9(12)16-8)2-1-4-15-5-3-10/h8H,1-7H2. The lowest BCUT2D eigenvalue weighted by molar-refractivity contribution is -0.141. The smallest absolute Gasteiger partial charge is 0.306 e. The Balaban J connectivity index is 2.19. The number of halogens is 1. The molecule has 2 unspecified atom stereocenters. The van der Waals surface area contributed by atoms with Gasteiger partial charge in [0.15, 0.2) is 0 Å². The second kappa shape index (κ2) is 4.53. The number of carbonyl (C=O) groups excluding carboxylic acids is 1. The molecule has 0 aromatic rings. The summed E-state index contributed by atoms with van der Waals surface area (Å²) in [4.78, 5) is 11.3. The Morgan fingerprint density at radius 2 is 2.12 bits per heavy atom. The van der Waals surface area contributed by atoms with Gasteiger partial charge in [-0.2, -0.15) is 8.42 Å². The lowest BCUT2D eigenvalue weighted by atomic mass is 9.75. The Hall–Kier alpha value is -0.690. The summed E-state index contributed by atoms with van der Waals surface area (Å²) in [7, 11) is -4.64. The molecule has 98 valence electrons. The number of esters is 1. The minimum atomic E-state index is -4.64. The Kier molecular flexibility index (Phi) is 3.40. The Morgan fingerprint density at radius 3 is 2.82 bits per heavy atom. The molecule has 5 nitrogen and oxygen atoms in total. The highest BCUT2D eigenvalue weighted by molar-refractivity contribution is 7.86. The van der Waals surface area contributed by atoms with Crippen LogP contribution in [0.4, 0.5) is 3.89 Å². The zero-order valence-corrected chi connectivity index (χ0v) is 10.2. The van der Waals surface area contributed by atoms with Crippen molar-refractivity contribution in [1.29, 1.82) is 0 Å². The van der Waals surface area contributed by atoms with Crippen LogP contribution in [0.15, 0.2) is 0 Å². The van der Waals surface area contributed by atoms with Crippen molar-refractivity contribution in [3.8, 4) is 0 Å². The lowest BCUT2D eigenvalue weighted by Crippen LogP contribution is -2.36. The van der Waals surface area contributed by atoms with E-state index in [9.17, 15) is 17.1 Å². The Bertz CT molecular complexity index is 397. The molecule has 0 aromatic heterocycles. The van der Waals surface area contributed by atoms with Crippen molar-refractivity contribution in [3.05, 3.63) is 0 Å². The van der Waals surface area contributed by atoms with E-state index in [0.717, 1.165) is 6.42 Å². The molecule has 2 saturated heterocycles. The number of hydrogen-bond acceptors (Lipinski definition) is 5. The predicted molar refractivity (Wildman–Crippen MR) is 56.5 cm³/mol. The molecule has 2 rings (SSSR count). The van der Waals surface area contributed by atoms with Crippen LogP contribution in [0.2, 0.25) is 0 Å². The molecule has 0 aromatic carbocycles. The van der Waals surface area contributed by atoms with Crippen molar-refractivity contribution in [2.45, 2.75) is 31.8 Å². The molecule has 1 spiro atoms. The van der Waals surface area contributed by atoms with E-state index in [-0.39, 0.29) is 6.42 Å². The van der Waals surface area contributed by atoms with Crippen molar-refractivity contribution in [3.63, 3.8) is 0 Å². The third-order valence-corrected chi connectivity index (χ3v) is 4.21. The first-order valence-electron chi connectivity index (χ1n) is 5.61. The average Bonchev–Trinajstić information content (AvgIpc) is 2.37. The summed E-state index contributed by atoms with van der Waals surface area (Å²) in [5.41, 5.74) is -0.563. The molecule has 0 N–H and O–H groups in total. The van der Waals surface area contributed by atoms with Crippen LogP contribution >= 0.6 is 0 Å². The zero-order valence-electron chi connectivity index (χ0n) is 9.35. The van der Waals surface area contributed by atoms with Gasteiger partial charge >= 0.3 is 16.2 Å². The number of rotatable bonds is 2. The molecule has 17 heavy (non-hydrogen) atoms. The van der Waals surface area contributed by atoms with E-state index in [4.69, 9.17) is 9.47 Å². The summed E-state index contributed by atoms with van der Waals surface area (Å²) in [6.07, 6.45) is 1.21. The van der Waals surface area contributed by atoms with Crippen LogP contribution in [0.5, 0.6) is 0 Å². The molecule has 2 aliphatic heterocycles. The van der Waals surface area contributed by atoms with Gasteiger partial charge in [0.2, 0.25) is 0 Å². The van der Waals surface area contributed by atoms with E-state index in [0.29, 0.717) is 26.1 Å². The highest BCUT2D eigenvalue weighted by atomic mass is 32.3. The lowest BCUT2D eigenvalue weighted by Gasteiger charge is -2.29. The van der Waals surface area contributed by atoms with Crippen LogP contribution in [0.1, 0.15) is 25.7 Å². The Morgan fingerprint density at radius 1 is 1.35 bits per heavy atom. The number of cyclic esters (lactones) is 1. The van der Waals surface area contributed by atoms with E-state index in [1.54, 1.807) is 0 Å². The fourth-order valence-electron chi connectivity index (χ4n) is 2.65. The average molecular weight is 266 g/mol. The van der Waals surface area contributed by atoms with Crippen molar-refractivity contribution < 1.29 is 26.6 Å². The van der Waals surface area contributed by atoms with Gasteiger partial charge in [-0.15, -0.1) is 3.89 Å². The van der Waals surface area contributed by atoms with E-state index in [1.165, 1.54) is 0 Å². The predicted octanol–water partition coefficient (Wildman–Crippen LogP) is 0.788. The van der Waals surface area contributed by atoms with Crippen LogP contribution in [0, 0.1) is 5.41 Å². The maximum atomic E-state index is 12.8. The minimum absolute atomic E-state index is 0.163. The second-order valence-electron chi connectivity index (χ2n) is 4.69. The molecule has 0 bridgehead atoms. The molecule has 2 atom stereocenters. The fourth-order valence-corrected chi connectivity index (χ4v) is 3.43. The molecule has 2 fully saturated rings. The summed E-state index contributed by atoms with van der Waals surface area (Å²) >= 11 is 0. The second-order valence-corrected chi connectivity index (χ2v) is 6.10. The van der Waals surface area contributed by atoms with Crippen LogP contribution in [0.3, 0.4) is 0 Å². The largest absolute Gasteiger partial charge is 0.461 e. The summed E-state index contributed by atoms with van der Waals surface area (Å²) in [5.74, 6) is -1.18. The van der Waals surface area contributed by atoms with Crippen molar-refractivity contribution in [2.75, 3.05) is 19.0 Å². The third kappa shape index (κ3) is 2.95. The zero-order chi connectivity index (χ0) is 12.5. The maximum Gasteiger partial charge on any atom is 0.306 e. The molecule has 7 heteroatoms. The van der Waals surface area contributed by atoms with E-state index in [1.807, 2.05) is 0 Å². The highest BCUT2D eigenvalue weighted by Crippen LogP contribution is 2.44. The molecular formula is C10H15FO5S.